The Bertz CT molecular complexity index is 582. The quantitative estimate of drug-likeness (QED) is 0.167. The van der Waals surface area contributed by atoms with Crippen molar-refractivity contribution in [2.75, 3.05) is 34.6 Å². The lowest BCUT2D eigenvalue weighted by Gasteiger charge is -1.90. The SMILES string of the molecule is Nc1nnc(N)n1N.Nc1nnc(N)n1N.O=S(=O)(O)O. The first-order chi connectivity index (χ1) is 9.43. The van der Waals surface area contributed by atoms with Crippen LogP contribution < -0.4 is 34.6 Å². The minimum Gasteiger partial charge on any atom is -0.366 e. The lowest BCUT2D eigenvalue weighted by atomic mass is 11.0. The molecule has 0 aliphatic rings. The molecular formula is C4H14N12O4S. The molecule has 0 amide bonds. The van der Waals surface area contributed by atoms with E-state index in [1.54, 1.807) is 0 Å². The van der Waals surface area contributed by atoms with Gasteiger partial charge in [-0.15, -0.1) is 20.4 Å². The summed E-state index contributed by atoms with van der Waals surface area (Å²) >= 11 is 0. The third-order valence-electron chi connectivity index (χ3n) is 1.50. The highest BCUT2D eigenvalue weighted by Crippen LogP contribution is 1.96. The number of nitrogens with zero attached hydrogens (tertiary/aromatic N) is 6. The van der Waals surface area contributed by atoms with Gasteiger partial charge in [-0.05, 0) is 0 Å². The normalized spacial score (nSPS) is 10.0. The van der Waals surface area contributed by atoms with E-state index in [1.165, 1.54) is 0 Å². The van der Waals surface area contributed by atoms with Crippen molar-refractivity contribution in [2.45, 2.75) is 0 Å². The first-order valence-corrected chi connectivity index (χ1v) is 5.96. The Balaban J connectivity index is 0.000000296. The Labute approximate surface area is 117 Å². The summed E-state index contributed by atoms with van der Waals surface area (Å²) < 4.78 is 33.6. The van der Waals surface area contributed by atoms with Crippen LogP contribution in [0.4, 0.5) is 23.8 Å². The van der Waals surface area contributed by atoms with E-state index in [0.29, 0.717) is 0 Å². The van der Waals surface area contributed by atoms with Crippen molar-refractivity contribution >= 4 is 34.2 Å². The molecular weight excluding hydrogens is 312 g/mol. The van der Waals surface area contributed by atoms with E-state index in [0.717, 1.165) is 9.35 Å². The van der Waals surface area contributed by atoms with Crippen LogP contribution in [0.5, 0.6) is 0 Å². The highest BCUT2D eigenvalue weighted by molar-refractivity contribution is 7.79. The van der Waals surface area contributed by atoms with Gasteiger partial charge in [0, 0.05) is 0 Å². The minimum absolute atomic E-state index is 0.113. The first kappa shape index (κ1) is 17.9. The van der Waals surface area contributed by atoms with Gasteiger partial charge < -0.3 is 34.6 Å². The zero-order valence-corrected chi connectivity index (χ0v) is 11.1. The summed E-state index contributed by atoms with van der Waals surface area (Å²) in [6.45, 7) is 0. The molecule has 0 saturated carbocycles. The number of hydrogen-bond acceptors (Lipinski definition) is 12. The monoisotopic (exact) mass is 326 g/mol. The van der Waals surface area contributed by atoms with Crippen molar-refractivity contribution < 1.29 is 17.5 Å². The number of anilines is 4. The largest absolute Gasteiger partial charge is 0.394 e. The summed E-state index contributed by atoms with van der Waals surface area (Å²) in [6, 6.07) is 0. The second-order valence-corrected chi connectivity index (χ2v) is 3.92. The van der Waals surface area contributed by atoms with Crippen molar-refractivity contribution in [2.24, 2.45) is 0 Å². The topological polar surface area (TPSA) is 292 Å². The van der Waals surface area contributed by atoms with Gasteiger partial charge >= 0.3 is 10.4 Å². The van der Waals surface area contributed by atoms with Gasteiger partial charge in [0.1, 0.15) is 0 Å². The molecule has 0 bridgehead atoms. The van der Waals surface area contributed by atoms with E-state index in [9.17, 15) is 0 Å². The van der Waals surface area contributed by atoms with Gasteiger partial charge in [0.2, 0.25) is 23.8 Å². The Morgan fingerprint density at radius 1 is 0.714 bits per heavy atom. The Hall–Kier alpha value is -3.05. The van der Waals surface area contributed by atoms with Crippen LogP contribution in [0.25, 0.3) is 0 Å². The smallest absolute Gasteiger partial charge is 0.366 e. The fraction of sp³-hybridized carbons (Fsp3) is 0. The molecule has 2 aromatic rings. The summed E-state index contributed by atoms with van der Waals surface area (Å²) in [5.74, 6) is 10.7. The van der Waals surface area contributed by atoms with Gasteiger partial charge in [-0.3, -0.25) is 9.11 Å². The molecule has 0 atom stereocenters. The lowest BCUT2D eigenvalue weighted by molar-refractivity contribution is 0.381. The summed E-state index contributed by atoms with van der Waals surface area (Å²) in [5, 5.41) is 13.4. The molecule has 14 N–H and O–H groups in total. The molecule has 0 aromatic carbocycles. The predicted octanol–water partition coefficient (Wildman–Crippen LogP) is -4.34. The maximum atomic E-state index is 8.74. The van der Waals surface area contributed by atoms with Crippen LogP contribution in [0.1, 0.15) is 0 Å². The fourth-order valence-electron chi connectivity index (χ4n) is 0.632. The fourth-order valence-corrected chi connectivity index (χ4v) is 0.632. The number of nitrogens with two attached hydrogens (primary N) is 6. The molecule has 16 nitrogen and oxygen atoms in total. The van der Waals surface area contributed by atoms with Crippen LogP contribution in [0.2, 0.25) is 0 Å². The van der Waals surface area contributed by atoms with E-state index in [2.05, 4.69) is 20.4 Å². The highest BCUT2D eigenvalue weighted by Gasteiger charge is 1.98. The Kier molecular flexibility index (Phi) is 5.92. The molecule has 0 aliphatic carbocycles. The van der Waals surface area contributed by atoms with Crippen LogP contribution >= 0.6 is 0 Å². The average Bonchev–Trinajstić information content (AvgIpc) is 2.79. The van der Waals surface area contributed by atoms with Gasteiger partial charge in [-0.2, -0.15) is 17.8 Å². The molecule has 0 radical (unpaired) electrons. The van der Waals surface area contributed by atoms with Gasteiger partial charge in [0.15, 0.2) is 0 Å². The van der Waals surface area contributed by atoms with Crippen LogP contribution in [-0.2, 0) is 10.4 Å². The maximum absolute atomic E-state index is 8.74. The van der Waals surface area contributed by atoms with Crippen molar-refractivity contribution in [3.05, 3.63) is 0 Å². The molecule has 21 heavy (non-hydrogen) atoms. The van der Waals surface area contributed by atoms with Crippen LogP contribution in [0.3, 0.4) is 0 Å². The van der Waals surface area contributed by atoms with E-state index in [1.807, 2.05) is 0 Å². The zero-order valence-electron chi connectivity index (χ0n) is 10.3. The second kappa shape index (κ2) is 6.93. The standard InChI is InChI=1S/2C2H6N6.H2O4S/c2*3-1-6-7-2(4)8(1)5;1-5(2,3)4/h2*5H2,(H2,3,6)(H2,4,7);(H2,1,2,3,4). The van der Waals surface area contributed by atoms with E-state index in [4.69, 9.17) is 52.1 Å². The summed E-state index contributed by atoms with van der Waals surface area (Å²) in [5.41, 5.74) is 20.5. The van der Waals surface area contributed by atoms with E-state index >= 15 is 0 Å². The van der Waals surface area contributed by atoms with Crippen LogP contribution in [-0.4, -0.2) is 47.3 Å². The average molecular weight is 326 g/mol. The third-order valence-corrected chi connectivity index (χ3v) is 1.50. The van der Waals surface area contributed by atoms with Crippen LogP contribution in [0, 0.1) is 0 Å². The van der Waals surface area contributed by atoms with Crippen molar-refractivity contribution in [3.8, 4) is 0 Å². The number of aromatic nitrogens is 6. The summed E-state index contributed by atoms with van der Waals surface area (Å²) in [7, 11) is -4.67. The van der Waals surface area contributed by atoms with Crippen molar-refractivity contribution in [1.29, 1.82) is 0 Å². The minimum atomic E-state index is -4.67. The highest BCUT2D eigenvalue weighted by atomic mass is 32.3. The summed E-state index contributed by atoms with van der Waals surface area (Å²) in [4.78, 5) is 0. The molecule has 0 aliphatic heterocycles. The molecule has 0 spiro atoms. The van der Waals surface area contributed by atoms with Crippen molar-refractivity contribution in [3.63, 3.8) is 0 Å². The molecule has 2 aromatic heterocycles. The van der Waals surface area contributed by atoms with Gasteiger partial charge in [-0.1, -0.05) is 0 Å². The first-order valence-electron chi connectivity index (χ1n) is 4.56. The van der Waals surface area contributed by atoms with Crippen LogP contribution in [0.15, 0.2) is 0 Å². The van der Waals surface area contributed by atoms with Gasteiger partial charge in [-0.25, -0.2) is 0 Å². The summed E-state index contributed by atoms with van der Waals surface area (Å²) in [6.07, 6.45) is 0. The predicted molar refractivity (Wildman–Crippen MR) is 72.2 cm³/mol. The molecule has 0 fully saturated rings. The van der Waals surface area contributed by atoms with Gasteiger partial charge in [0.25, 0.3) is 0 Å². The van der Waals surface area contributed by atoms with E-state index in [-0.39, 0.29) is 23.8 Å². The maximum Gasteiger partial charge on any atom is 0.394 e. The number of nitrogen functional groups attached to an aromatic ring is 6. The Morgan fingerprint density at radius 2 is 0.857 bits per heavy atom. The number of hydrogen-bond donors (Lipinski definition) is 8. The van der Waals surface area contributed by atoms with E-state index < -0.39 is 10.4 Å². The van der Waals surface area contributed by atoms with Crippen molar-refractivity contribution in [1.82, 2.24) is 29.7 Å². The molecule has 0 unspecified atom stereocenters. The second-order valence-electron chi connectivity index (χ2n) is 3.02. The molecule has 2 rings (SSSR count). The lowest BCUT2D eigenvalue weighted by Crippen LogP contribution is -2.14. The zero-order chi connectivity index (χ0) is 16.8. The molecule has 17 heteroatoms. The molecule has 0 saturated heterocycles. The molecule has 120 valence electrons. The Morgan fingerprint density at radius 3 is 0.905 bits per heavy atom. The third kappa shape index (κ3) is 7.19. The molecule has 2 heterocycles. The van der Waals surface area contributed by atoms with Gasteiger partial charge in [0.05, 0.1) is 0 Å². The number of rotatable bonds is 0.